The smallest absolute Gasteiger partial charge is 0.242 e. The topological polar surface area (TPSA) is 68.3 Å². The number of aromatic nitrogens is 1. The van der Waals surface area contributed by atoms with Crippen LogP contribution in [0.3, 0.4) is 0 Å². The summed E-state index contributed by atoms with van der Waals surface area (Å²) in [6.07, 6.45) is 4.11. The number of rotatable bonds is 3. The van der Waals surface area contributed by atoms with Gasteiger partial charge >= 0.3 is 0 Å². The molecule has 7 heteroatoms. The number of benzene rings is 1. The van der Waals surface area contributed by atoms with Crippen molar-refractivity contribution in [2.75, 3.05) is 6.61 Å². The van der Waals surface area contributed by atoms with Gasteiger partial charge in [-0.05, 0) is 30.5 Å². The maximum atomic E-state index is 12.4. The van der Waals surface area contributed by atoms with E-state index in [2.05, 4.69) is 9.71 Å². The number of sulfonamides is 1. The van der Waals surface area contributed by atoms with Gasteiger partial charge in [0, 0.05) is 12.4 Å². The van der Waals surface area contributed by atoms with Gasteiger partial charge in [-0.15, -0.1) is 0 Å². The molecule has 1 aliphatic rings. The van der Waals surface area contributed by atoms with Gasteiger partial charge in [-0.2, -0.15) is 0 Å². The normalized spacial score (nSPS) is 18.1. The Kier molecular flexibility index (Phi) is 4.33. The van der Waals surface area contributed by atoms with E-state index in [1.165, 1.54) is 18.5 Å². The lowest BCUT2D eigenvalue weighted by atomic mass is 10.1. The summed E-state index contributed by atoms with van der Waals surface area (Å²) in [5, 5.41) is 0.285. The zero-order valence-electron chi connectivity index (χ0n) is 11.7. The van der Waals surface area contributed by atoms with Crippen LogP contribution in [0.1, 0.15) is 12.0 Å². The molecule has 0 bridgehead atoms. The van der Waals surface area contributed by atoms with E-state index < -0.39 is 10.0 Å². The molecule has 1 N–H and O–H groups in total. The van der Waals surface area contributed by atoms with Crippen LogP contribution in [0.2, 0.25) is 5.02 Å². The molecule has 1 aromatic carbocycles. The fraction of sp³-hybridized carbons (Fsp3) is 0.267. The van der Waals surface area contributed by atoms with Crippen LogP contribution < -0.4 is 9.46 Å². The lowest BCUT2D eigenvalue weighted by molar-refractivity contribution is 0.284. The molecule has 0 saturated heterocycles. The number of halogens is 1. The minimum Gasteiger partial charge on any atom is -0.492 e. The van der Waals surface area contributed by atoms with Gasteiger partial charge in [-0.3, -0.25) is 4.98 Å². The summed E-state index contributed by atoms with van der Waals surface area (Å²) in [5.74, 6) is 0.814. The molecule has 0 spiro atoms. The number of fused-ring (bicyclic) bond motifs is 1. The van der Waals surface area contributed by atoms with Crippen LogP contribution in [0.25, 0.3) is 0 Å². The molecule has 5 nitrogen and oxygen atoms in total. The molecule has 1 unspecified atom stereocenters. The van der Waals surface area contributed by atoms with E-state index >= 15 is 0 Å². The fourth-order valence-corrected chi connectivity index (χ4v) is 3.86. The number of aryl methyl sites for hydroxylation is 1. The van der Waals surface area contributed by atoms with E-state index in [0.29, 0.717) is 13.0 Å². The van der Waals surface area contributed by atoms with Crippen LogP contribution in [0, 0.1) is 0 Å². The SMILES string of the molecule is O=S(=O)(NC1CCc2ccccc2OC1)c1cncc(Cl)c1. The van der Waals surface area contributed by atoms with E-state index in [-0.39, 0.29) is 16.0 Å². The van der Waals surface area contributed by atoms with Gasteiger partial charge < -0.3 is 4.74 Å². The average molecular weight is 339 g/mol. The highest BCUT2D eigenvalue weighted by Gasteiger charge is 2.23. The number of nitrogens with zero attached hydrogens (tertiary/aromatic N) is 1. The molecule has 2 heterocycles. The maximum Gasteiger partial charge on any atom is 0.242 e. The van der Waals surface area contributed by atoms with Crippen molar-refractivity contribution in [3.63, 3.8) is 0 Å². The Hall–Kier alpha value is -1.63. The monoisotopic (exact) mass is 338 g/mol. The zero-order valence-corrected chi connectivity index (χ0v) is 13.3. The first-order valence-corrected chi connectivity index (χ1v) is 8.74. The van der Waals surface area contributed by atoms with Crippen molar-refractivity contribution < 1.29 is 13.2 Å². The molecule has 1 aliphatic heterocycles. The Bertz CT molecular complexity index is 753. The summed E-state index contributed by atoms with van der Waals surface area (Å²) < 4.78 is 33.1. The first-order chi connectivity index (χ1) is 10.5. The van der Waals surface area contributed by atoms with Crippen LogP contribution in [-0.2, 0) is 16.4 Å². The molecule has 3 rings (SSSR count). The summed E-state index contributed by atoms with van der Waals surface area (Å²) in [4.78, 5) is 3.87. The lowest BCUT2D eigenvalue weighted by Gasteiger charge is -2.16. The number of hydrogen-bond donors (Lipinski definition) is 1. The molecule has 2 aromatic rings. The van der Waals surface area contributed by atoms with Gasteiger partial charge in [0.2, 0.25) is 10.0 Å². The molecule has 1 atom stereocenters. The second kappa shape index (κ2) is 6.24. The molecule has 0 fully saturated rings. The highest BCUT2D eigenvalue weighted by molar-refractivity contribution is 7.89. The van der Waals surface area contributed by atoms with E-state index in [0.717, 1.165) is 17.7 Å². The fourth-order valence-electron chi connectivity index (χ4n) is 2.37. The first kappa shape index (κ1) is 15.3. The molecular weight excluding hydrogens is 324 g/mol. The predicted molar refractivity (Wildman–Crippen MR) is 83.6 cm³/mol. The van der Waals surface area contributed by atoms with Crippen LogP contribution in [0.5, 0.6) is 5.75 Å². The third kappa shape index (κ3) is 3.40. The highest BCUT2D eigenvalue weighted by atomic mass is 35.5. The lowest BCUT2D eigenvalue weighted by Crippen LogP contribution is -2.38. The van der Waals surface area contributed by atoms with Gasteiger partial charge in [0.1, 0.15) is 17.3 Å². The zero-order chi connectivity index (χ0) is 15.6. The average Bonchev–Trinajstić information content (AvgIpc) is 2.70. The third-order valence-corrected chi connectivity index (χ3v) is 5.18. The maximum absolute atomic E-state index is 12.4. The van der Waals surface area contributed by atoms with E-state index in [1.54, 1.807) is 0 Å². The molecular formula is C15H15ClN2O3S. The summed E-state index contributed by atoms with van der Waals surface area (Å²) >= 11 is 5.80. The number of nitrogens with one attached hydrogen (secondary N) is 1. The number of hydrogen-bond acceptors (Lipinski definition) is 4. The van der Waals surface area contributed by atoms with Crippen molar-refractivity contribution >= 4 is 21.6 Å². The predicted octanol–water partition coefficient (Wildman–Crippen LogP) is 2.41. The van der Waals surface area contributed by atoms with E-state index in [9.17, 15) is 8.42 Å². The highest BCUT2D eigenvalue weighted by Crippen LogP contribution is 2.24. The molecule has 0 saturated carbocycles. The molecule has 116 valence electrons. The summed E-state index contributed by atoms with van der Waals surface area (Å²) in [7, 11) is -3.66. The summed E-state index contributed by atoms with van der Waals surface area (Å²) in [5.41, 5.74) is 1.09. The Morgan fingerprint density at radius 1 is 1.27 bits per heavy atom. The van der Waals surface area contributed by atoms with Crippen molar-refractivity contribution in [1.82, 2.24) is 9.71 Å². The number of ether oxygens (including phenoxy) is 1. The van der Waals surface area contributed by atoms with Gasteiger partial charge in [0.25, 0.3) is 0 Å². The van der Waals surface area contributed by atoms with Gasteiger partial charge in [-0.1, -0.05) is 29.8 Å². The summed E-state index contributed by atoms with van der Waals surface area (Å²) in [6.45, 7) is 0.296. The Balaban J connectivity index is 1.74. The Morgan fingerprint density at radius 3 is 2.91 bits per heavy atom. The number of para-hydroxylation sites is 1. The van der Waals surface area contributed by atoms with Gasteiger partial charge in [0.15, 0.2) is 0 Å². The Morgan fingerprint density at radius 2 is 2.09 bits per heavy atom. The molecule has 1 aromatic heterocycles. The standard InChI is InChI=1S/C15H15ClN2O3S/c16-12-7-14(9-17-8-12)22(19,20)18-13-6-5-11-3-1-2-4-15(11)21-10-13/h1-4,7-9,13,18H,5-6,10H2. The quantitative estimate of drug-likeness (QED) is 0.933. The van der Waals surface area contributed by atoms with Gasteiger partial charge in [-0.25, -0.2) is 13.1 Å². The van der Waals surface area contributed by atoms with Crippen LogP contribution in [0.15, 0.2) is 47.6 Å². The largest absolute Gasteiger partial charge is 0.492 e. The van der Waals surface area contributed by atoms with E-state index in [1.807, 2.05) is 24.3 Å². The van der Waals surface area contributed by atoms with Crippen LogP contribution in [0.4, 0.5) is 0 Å². The van der Waals surface area contributed by atoms with Crippen molar-refractivity contribution in [2.24, 2.45) is 0 Å². The molecule has 0 radical (unpaired) electrons. The Labute approximate surface area is 134 Å². The second-order valence-electron chi connectivity index (χ2n) is 5.11. The molecule has 0 amide bonds. The third-order valence-electron chi connectivity index (χ3n) is 3.49. The number of pyridine rings is 1. The molecule has 0 aliphatic carbocycles. The van der Waals surface area contributed by atoms with Crippen molar-refractivity contribution in [2.45, 2.75) is 23.8 Å². The minimum atomic E-state index is -3.66. The van der Waals surface area contributed by atoms with Gasteiger partial charge in [0.05, 0.1) is 11.1 Å². The first-order valence-electron chi connectivity index (χ1n) is 6.88. The van der Waals surface area contributed by atoms with Crippen LogP contribution in [-0.4, -0.2) is 26.1 Å². The second-order valence-corrected chi connectivity index (χ2v) is 7.26. The van der Waals surface area contributed by atoms with E-state index in [4.69, 9.17) is 16.3 Å². The van der Waals surface area contributed by atoms with Crippen molar-refractivity contribution in [3.8, 4) is 5.75 Å². The van der Waals surface area contributed by atoms with Crippen molar-refractivity contribution in [3.05, 3.63) is 53.3 Å². The summed E-state index contributed by atoms with van der Waals surface area (Å²) in [6, 6.07) is 8.82. The minimum absolute atomic E-state index is 0.0572. The van der Waals surface area contributed by atoms with Crippen LogP contribution >= 0.6 is 11.6 Å². The molecule has 22 heavy (non-hydrogen) atoms. The van der Waals surface area contributed by atoms with Crippen molar-refractivity contribution in [1.29, 1.82) is 0 Å².